The Morgan fingerprint density at radius 1 is 1.20 bits per heavy atom. The van der Waals surface area contributed by atoms with Crippen molar-refractivity contribution in [3.8, 4) is 0 Å². The Balaban J connectivity index is 2.36. The number of hydrazine groups is 1. The van der Waals surface area contributed by atoms with Crippen LogP contribution >= 0.6 is 15.9 Å². The zero-order valence-electron chi connectivity index (χ0n) is 11.6. The molecular weight excluding hydrogens is 319 g/mol. The molecule has 2 rings (SSSR count). The quantitative estimate of drug-likeness (QED) is 0.655. The van der Waals surface area contributed by atoms with Crippen LogP contribution in [-0.4, -0.2) is 0 Å². The average Bonchev–Trinajstić information content (AvgIpc) is 2.42. The molecule has 0 saturated heterocycles. The number of aryl methyl sites for hydroxylation is 2. The molecule has 0 radical (unpaired) electrons. The van der Waals surface area contributed by atoms with E-state index in [1.807, 2.05) is 6.07 Å². The van der Waals surface area contributed by atoms with Gasteiger partial charge in [0.15, 0.2) is 0 Å². The molecule has 2 aromatic carbocycles. The van der Waals surface area contributed by atoms with Gasteiger partial charge in [0.2, 0.25) is 0 Å². The van der Waals surface area contributed by atoms with Crippen LogP contribution in [0, 0.1) is 19.7 Å². The molecule has 0 aliphatic carbocycles. The average molecular weight is 337 g/mol. The van der Waals surface area contributed by atoms with Crippen molar-refractivity contribution in [1.82, 2.24) is 5.43 Å². The van der Waals surface area contributed by atoms with Gasteiger partial charge in [-0.2, -0.15) is 0 Å². The molecule has 2 nitrogen and oxygen atoms in total. The van der Waals surface area contributed by atoms with Gasteiger partial charge in [-0.05, 0) is 55.2 Å². The lowest BCUT2D eigenvalue weighted by molar-refractivity contribution is 0.509. The van der Waals surface area contributed by atoms with Gasteiger partial charge in [-0.3, -0.25) is 11.3 Å². The predicted molar refractivity (Wildman–Crippen MR) is 83.8 cm³/mol. The molecule has 106 valence electrons. The molecule has 0 aliphatic rings. The molecule has 0 saturated carbocycles. The van der Waals surface area contributed by atoms with E-state index in [0.29, 0.717) is 12.0 Å². The van der Waals surface area contributed by atoms with Crippen LogP contribution in [0.25, 0.3) is 0 Å². The summed E-state index contributed by atoms with van der Waals surface area (Å²) in [5.41, 5.74) is 6.90. The predicted octanol–water partition coefficient (Wildman–Crippen LogP) is 3.95. The molecular formula is C16H18BrFN2. The van der Waals surface area contributed by atoms with Crippen LogP contribution in [0.2, 0.25) is 0 Å². The summed E-state index contributed by atoms with van der Waals surface area (Å²) in [7, 11) is 0. The Bertz CT molecular complexity index is 593. The first-order chi connectivity index (χ1) is 9.52. The number of hydrogen-bond acceptors (Lipinski definition) is 2. The highest BCUT2D eigenvalue weighted by atomic mass is 79.9. The van der Waals surface area contributed by atoms with Gasteiger partial charge in [-0.25, -0.2) is 4.39 Å². The maximum absolute atomic E-state index is 14.0. The van der Waals surface area contributed by atoms with Gasteiger partial charge >= 0.3 is 0 Å². The highest BCUT2D eigenvalue weighted by Crippen LogP contribution is 2.26. The number of nitrogens with one attached hydrogen (secondary N) is 1. The first-order valence-electron chi connectivity index (χ1n) is 6.49. The summed E-state index contributed by atoms with van der Waals surface area (Å²) in [5, 5.41) is 0. The third-order valence-corrected chi connectivity index (χ3v) is 4.08. The van der Waals surface area contributed by atoms with Crippen LogP contribution in [-0.2, 0) is 6.42 Å². The number of halogens is 2. The Morgan fingerprint density at radius 3 is 2.45 bits per heavy atom. The second-order valence-electron chi connectivity index (χ2n) is 4.96. The third-order valence-electron chi connectivity index (χ3n) is 3.59. The number of benzene rings is 2. The van der Waals surface area contributed by atoms with Gasteiger partial charge in [0.05, 0.1) is 6.04 Å². The first kappa shape index (κ1) is 15.2. The number of rotatable bonds is 4. The molecule has 1 atom stereocenters. The van der Waals surface area contributed by atoms with Crippen LogP contribution in [0.1, 0.15) is 28.3 Å². The minimum atomic E-state index is -0.257. The number of nitrogens with two attached hydrogens (primary N) is 1. The molecule has 0 heterocycles. The fourth-order valence-corrected chi connectivity index (χ4v) is 2.79. The molecule has 3 N–H and O–H groups in total. The van der Waals surface area contributed by atoms with Crippen molar-refractivity contribution in [3.05, 3.63) is 68.9 Å². The molecule has 20 heavy (non-hydrogen) atoms. The lowest BCUT2D eigenvalue weighted by Crippen LogP contribution is -2.30. The second-order valence-corrected chi connectivity index (χ2v) is 5.88. The normalized spacial score (nSPS) is 12.4. The zero-order chi connectivity index (χ0) is 14.7. The van der Waals surface area contributed by atoms with Gasteiger partial charge in [-0.1, -0.05) is 34.1 Å². The third kappa shape index (κ3) is 3.26. The molecule has 0 aliphatic heterocycles. The van der Waals surface area contributed by atoms with E-state index in [0.717, 1.165) is 4.47 Å². The SMILES string of the molecule is Cc1cccc(C)c1CC(NN)c1cc(Br)ccc1F. The van der Waals surface area contributed by atoms with Crippen molar-refractivity contribution in [2.75, 3.05) is 0 Å². The molecule has 0 aromatic heterocycles. The minimum Gasteiger partial charge on any atom is -0.271 e. The van der Waals surface area contributed by atoms with E-state index in [-0.39, 0.29) is 11.9 Å². The van der Waals surface area contributed by atoms with Crippen molar-refractivity contribution in [2.24, 2.45) is 5.84 Å². The Kier molecular flexibility index (Phi) is 4.91. The minimum absolute atomic E-state index is 0.248. The molecule has 0 spiro atoms. The monoisotopic (exact) mass is 336 g/mol. The van der Waals surface area contributed by atoms with Crippen LogP contribution in [0.4, 0.5) is 4.39 Å². The highest BCUT2D eigenvalue weighted by Gasteiger charge is 2.17. The Hall–Kier alpha value is -1.23. The maximum Gasteiger partial charge on any atom is 0.128 e. The maximum atomic E-state index is 14.0. The smallest absolute Gasteiger partial charge is 0.128 e. The molecule has 0 bridgehead atoms. The van der Waals surface area contributed by atoms with E-state index < -0.39 is 0 Å². The standard InChI is InChI=1S/C16H18BrFN2/c1-10-4-3-5-11(2)13(10)9-16(20-19)14-8-12(17)6-7-15(14)18/h3-8,16,20H,9,19H2,1-2H3. The van der Waals surface area contributed by atoms with Crippen LogP contribution in [0.5, 0.6) is 0 Å². The summed E-state index contributed by atoms with van der Waals surface area (Å²) in [6.45, 7) is 4.13. The van der Waals surface area contributed by atoms with E-state index in [2.05, 4.69) is 47.3 Å². The topological polar surface area (TPSA) is 38.0 Å². The second kappa shape index (κ2) is 6.48. The summed E-state index contributed by atoms with van der Waals surface area (Å²) < 4.78 is 14.8. The largest absolute Gasteiger partial charge is 0.271 e. The van der Waals surface area contributed by atoms with Crippen LogP contribution in [0.3, 0.4) is 0 Å². The Morgan fingerprint density at radius 2 is 1.85 bits per heavy atom. The van der Waals surface area contributed by atoms with Gasteiger partial charge in [0.25, 0.3) is 0 Å². The van der Waals surface area contributed by atoms with Crippen molar-refractivity contribution in [3.63, 3.8) is 0 Å². The summed E-state index contributed by atoms with van der Waals surface area (Å²) in [4.78, 5) is 0. The summed E-state index contributed by atoms with van der Waals surface area (Å²) in [6, 6.07) is 10.8. The fourth-order valence-electron chi connectivity index (χ4n) is 2.42. The first-order valence-corrected chi connectivity index (χ1v) is 7.28. The van der Waals surface area contributed by atoms with Crippen molar-refractivity contribution >= 4 is 15.9 Å². The van der Waals surface area contributed by atoms with Crippen molar-refractivity contribution < 1.29 is 4.39 Å². The van der Waals surface area contributed by atoms with Gasteiger partial charge < -0.3 is 0 Å². The van der Waals surface area contributed by atoms with E-state index in [1.54, 1.807) is 12.1 Å². The van der Waals surface area contributed by atoms with Crippen LogP contribution < -0.4 is 11.3 Å². The molecule has 0 fully saturated rings. The summed E-state index contributed by atoms with van der Waals surface area (Å²) in [5.74, 6) is 5.39. The zero-order valence-corrected chi connectivity index (χ0v) is 13.2. The van der Waals surface area contributed by atoms with Gasteiger partial charge in [0.1, 0.15) is 5.82 Å². The van der Waals surface area contributed by atoms with E-state index in [1.165, 1.54) is 22.8 Å². The molecule has 0 amide bonds. The Labute approximate surface area is 127 Å². The number of hydrogen-bond donors (Lipinski definition) is 2. The summed E-state index contributed by atoms with van der Waals surface area (Å²) in [6.07, 6.45) is 0.655. The lowest BCUT2D eigenvalue weighted by Gasteiger charge is -2.20. The lowest BCUT2D eigenvalue weighted by atomic mass is 9.93. The van der Waals surface area contributed by atoms with Gasteiger partial charge in [-0.15, -0.1) is 0 Å². The summed E-state index contributed by atoms with van der Waals surface area (Å²) >= 11 is 3.37. The van der Waals surface area contributed by atoms with Crippen LogP contribution in [0.15, 0.2) is 40.9 Å². The molecule has 1 unspecified atom stereocenters. The van der Waals surface area contributed by atoms with Crippen molar-refractivity contribution in [2.45, 2.75) is 26.3 Å². The fraction of sp³-hybridized carbons (Fsp3) is 0.250. The van der Waals surface area contributed by atoms with E-state index >= 15 is 0 Å². The van der Waals surface area contributed by atoms with Crippen molar-refractivity contribution in [1.29, 1.82) is 0 Å². The highest BCUT2D eigenvalue weighted by molar-refractivity contribution is 9.10. The molecule has 4 heteroatoms. The van der Waals surface area contributed by atoms with E-state index in [9.17, 15) is 4.39 Å². The van der Waals surface area contributed by atoms with E-state index in [4.69, 9.17) is 5.84 Å². The molecule has 2 aromatic rings. The van der Waals surface area contributed by atoms with Gasteiger partial charge in [0, 0.05) is 10.0 Å².